The number of hydrogen-bond acceptors (Lipinski definition) is 7. The van der Waals surface area contributed by atoms with Crippen LogP contribution in [0.15, 0.2) is 46.9 Å². The fraction of sp³-hybridized carbons (Fsp3) is 0.250. The lowest BCUT2D eigenvalue weighted by Crippen LogP contribution is -2.28. The third kappa shape index (κ3) is 3.66. The molecule has 7 nitrogen and oxygen atoms in total. The first-order chi connectivity index (χ1) is 13.5. The molecule has 3 aromatic rings. The summed E-state index contributed by atoms with van der Waals surface area (Å²) in [5.41, 5.74) is 1.62. The molecule has 0 fully saturated rings. The van der Waals surface area contributed by atoms with Gasteiger partial charge in [0.1, 0.15) is 11.5 Å². The predicted octanol–water partition coefficient (Wildman–Crippen LogP) is 4.01. The summed E-state index contributed by atoms with van der Waals surface area (Å²) in [6.07, 6.45) is -1.02. The molecule has 0 saturated heterocycles. The van der Waals surface area contributed by atoms with Gasteiger partial charge in [-0.25, -0.2) is 4.79 Å². The van der Waals surface area contributed by atoms with Gasteiger partial charge in [-0.15, -0.1) is 10.2 Å². The molecule has 2 heterocycles. The van der Waals surface area contributed by atoms with E-state index in [1.54, 1.807) is 44.4 Å². The highest BCUT2D eigenvalue weighted by Gasteiger charge is 2.32. The van der Waals surface area contributed by atoms with Gasteiger partial charge in [0.15, 0.2) is 12.2 Å². The smallest absolute Gasteiger partial charge is 0.348 e. The van der Waals surface area contributed by atoms with E-state index in [0.29, 0.717) is 23.1 Å². The van der Waals surface area contributed by atoms with Crippen LogP contribution in [-0.2, 0) is 16.0 Å². The summed E-state index contributed by atoms with van der Waals surface area (Å²) in [5, 5.41) is 8.60. The van der Waals surface area contributed by atoms with Crippen molar-refractivity contribution in [1.29, 1.82) is 0 Å². The van der Waals surface area contributed by atoms with Gasteiger partial charge in [0, 0.05) is 17.0 Å². The lowest BCUT2D eigenvalue weighted by molar-refractivity contribution is -0.157. The van der Waals surface area contributed by atoms with Gasteiger partial charge < -0.3 is 18.6 Å². The van der Waals surface area contributed by atoms with Crippen LogP contribution in [0.5, 0.6) is 11.5 Å². The lowest BCUT2D eigenvalue weighted by Gasteiger charge is -2.13. The fourth-order valence-electron chi connectivity index (χ4n) is 2.90. The highest BCUT2D eigenvalue weighted by molar-refractivity contribution is 6.30. The van der Waals surface area contributed by atoms with E-state index in [-0.39, 0.29) is 5.89 Å². The molecule has 2 atom stereocenters. The van der Waals surface area contributed by atoms with E-state index in [0.717, 1.165) is 16.9 Å². The van der Waals surface area contributed by atoms with E-state index in [2.05, 4.69) is 10.2 Å². The third-order valence-electron chi connectivity index (χ3n) is 4.38. The molecule has 8 heteroatoms. The van der Waals surface area contributed by atoms with Crippen LogP contribution in [0.3, 0.4) is 0 Å². The van der Waals surface area contributed by atoms with Gasteiger partial charge in [-0.3, -0.25) is 0 Å². The van der Waals surface area contributed by atoms with Crippen LogP contribution in [0, 0.1) is 0 Å². The van der Waals surface area contributed by atoms with Crippen LogP contribution in [-0.4, -0.2) is 29.4 Å². The van der Waals surface area contributed by atoms with Crippen molar-refractivity contribution in [3.8, 4) is 23.0 Å². The van der Waals surface area contributed by atoms with E-state index in [1.165, 1.54) is 0 Å². The van der Waals surface area contributed by atoms with Gasteiger partial charge in [-0.2, -0.15) is 0 Å². The van der Waals surface area contributed by atoms with Crippen molar-refractivity contribution in [1.82, 2.24) is 10.2 Å². The minimum absolute atomic E-state index is 0.206. The van der Waals surface area contributed by atoms with Crippen molar-refractivity contribution < 1.29 is 23.4 Å². The Bertz CT molecular complexity index is 1000. The number of carbonyl (C=O) groups is 1. The minimum Gasteiger partial charge on any atom is -0.497 e. The Morgan fingerprint density at radius 1 is 1.21 bits per heavy atom. The second kappa shape index (κ2) is 7.52. The van der Waals surface area contributed by atoms with Crippen molar-refractivity contribution in [3.63, 3.8) is 0 Å². The summed E-state index contributed by atoms with van der Waals surface area (Å²) >= 11 is 5.98. The molecule has 28 heavy (non-hydrogen) atoms. The average Bonchev–Trinajstić information content (AvgIpc) is 3.35. The Morgan fingerprint density at radius 3 is 2.75 bits per heavy atom. The highest BCUT2D eigenvalue weighted by atomic mass is 35.5. The molecule has 144 valence electrons. The first-order valence-corrected chi connectivity index (χ1v) is 9.04. The molecule has 0 unspecified atom stereocenters. The van der Waals surface area contributed by atoms with Gasteiger partial charge in [0.2, 0.25) is 5.89 Å². The number of nitrogens with zero attached hydrogens (tertiary/aromatic N) is 2. The Kier molecular flexibility index (Phi) is 4.92. The maximum atomic E-state index is 12.4. The molecule has 0 radical (unpaired) electrons. The molecule has 0 bridgehead atoms. The zero-order valence-corrected chi connectivity index (χ0v) is 16.0. The Labute approximate surface area is 166 Å². The summed E-state index contributed by atoms with van der Waals surface area (Å²) in [4.78, 5) is 12.4. The zero-order chi connectivity index (χ0) is 19.7. The molecule has 0 amide bonds. The van der Waals surface area contributed by atoms with Gasteiger partial charge in [-0.05, 0) is 55.0 Å². The summed E-state index contributed by atoms with van der Waals surface area (Å²) in [7, 11) is 1.59. The molecular formula is C20H17ClN2O5. The van der Waals surface area contributed by atoms with Gasteiger partial charge >= 0.3 is 5.97 Å². The first kappa shape index (κ1) is 18.3. The van der Waals surface area contributed by atoms with Crippen molar-refractivity contribution in [2.24, 2.45) is 0 Å². The Morgan fingerprint density at radius 2 is 2.00 bits per heavy atom. The molecule has 1 aliphatic heterocycles. The second-order valence-electron chi connectivity index (χ2n) is 6.32. The maximum Gasteiger partial charge on any atom is 0.348 e. The number of rotatable bonds is 5. The Hall–Kier alpha value is -3.06. The summed E-state index contributed by atoms with van der Waals surface area (Å²) < 4.78 is 21.9. The topological polar surface area (TPSA) is 83.7 Å². The number of fused-ring (bicyclic) bond motifs is 1. The minimum atomic E-state index is -0.722. The summed E-state index contributed by atoms with van der Waals surface area (Å²) in [6.45, 7) is 1.67. The van der Waals surface area contributed by atoms with E-state index in [4.69, 9.17) is 30.2 Å². The standard InChI is InChI=1S/C20H17ClN2O5/c1-11(18-22-23-19(28-18)12-3-6-15(25-2)7-4-12)26-20(24)17-10-13-9-14(21)5-8-16(13)27-17/h3-9,11,17H,10H2,1-2H3/t11-,17+/m0/s1. The Balaban J connectivity index is 1.40. The molecule has 1 aromatic heterocycles. The fourth-order valence-corrected chi connectivity index (χ4v) is 3.09. The molecule has 0 N–H and O–H groups in total. The molecule has 2 aromatic carbocycles. The van der Waals surface area contributed by atoms with Crippen LogP contribution in [0.25, 0.3) is 11.5 Å². The number of esters is 1. The van der Waals surface area contributed by atoms with Crippen LogP contribution in [0.2, 0.25) is 5.02 Å². The zero-order valence-electron chi connectivity index (χ0n) is 15.2. The number of benzene rings is 2. The number of hydrogen-bond donors (Lipinski definition) is 0. The monoisotopic (exact) mass is 400 g/mol. The van der Waals surface area contributed by atoms with Crippen molar-refractivity contribution in [2.75, 3.05) is 7.11 Å². The van der Waals surface area contributed by atoms with E-state index in [1.807, 2.05) is 12.1 Å². The van der Waals surface area contributed by atoms with Crippen LogP contribution in [0.1, 0.15) is 24.5 Å². The number of halogens is 1. The van der Waals surface area contributed by atoms with Crippen molar-refractivity contribution >= 4 is 17.6 Å². The largest absolute Gasteiger partial charge is 0.497 e. The van der Waals surface area contributed by atoms with Crippen LogP contribution in [0.4, 0.5) is 0 Å². The predicted molar refractivity (Wildman–Crippen MR) is 100 cm³/mol. The highest BCUT2D eigenvalue weighted by Crippen LogP contribution is 2.32. The third-order valence-corrected chi connectivity index (χ3v) is 4.61. The number of carbonyl (C=O) groups excluding carboxylic acids is 1. The molecule has 0 saturated carbocycles. The van der Waals surface area contributed by atoms with Gasteiger partial charge in [-0.1, -0.05) is 11.6 Å². The maximum absolute atomic E-state index is 12.4. The quantitative estimate of drug-likeness (QED) is 0.598. The number of aromatic nitrogens is 2. The van der Waals surface area contributed by atoms with Crippen molar-refractivity contribution in [2.45, 2.75) is 25.6 Å². The van der Waals surface area contributed by atoms with Gasteiger partial charge in [0.25, 0.3) is 5.89 Å². The summed E-state index contributed by atoms with van der Waals surface area (Å²) in [5.74, 6) is 1.41. The van der Waals surface area contributed by atoms with E-state index >= 15 is 0 Å². The second-order valence-corrected chi connectivity index (χ2v) is 6.75. The lowest BCUT2D eigenvalue weighted by atomic mass is 10.1. The molecule has 0 spiro atoms. The summed E-state index contributed by atoms with van der Waals surface area (Å²) in [6, 6.07) is 12.5. The number of methoxy groups -OCH3 is 1. The van der Waals surface area contributed by atoms with Crippen molar-refractivity contribution in [3.05, 3.63) is 58.9 Å². The molecule has 4 rings (SSSR count). The average molecular weight is 401 g/mol. The van der Waals surface area contributed by atoms with E-state index < -0.39 is 18.2 Å². The normalized spacial score (nSPS) is 16.2. The molecule has 1 aliphatic rings. The number of ether oxygens (including phenoxy) is 3. The first-order valence-electron chi connectivity index (χ1n) is 8.67. The SMILES string of the molecule is COc1ccc(-c2nnc([C@H](C)OC(=O)[C@H]3Cc4cc(Cl)ccc4O3)o2)cc1. The van der Waals surface area contributed by atoms with Gasteiger partial charge in [0.05, 0.1) is 7.11 Å². The van der Waals surface area contributed by atoms with Crippen LogP contribution >= 0.6 is 11.6 Å². The van der Waals surface area contributed by atoms with Crippen LogP contribution < -0.4 is 9.47 Å². The molecular weight excluding hydrogens is 384 g/mol. The van der Waals surface area contributed by atoms with E-state index in [9.17, 15) is 4.79 Å². The molecule has 0 aliphatic carbocycles.